The van der Waals surface area contributed by atoms with Crippen LogP contribution in [0.25, 0.3) is 0 Å². The summed E-state index contributed by atoms with van der Waals surface area (Å²) in [5.74, 6) is -0.466. The molecule has 3 N–H and O–H groups in total. The van der Waals surface area contributed by atoms with Crippen LogP contribution in [0.15, 0.2) is 28.3 Å². The molecule has 0 bridgehead atoms. The van der Waals surface area contributed by atoms with Gasteiger partial charge in [-0.15, -0.1) is 0 Å². The summed E-state index contributed by atoms with van der Waals surface area (Å²) in [6.45, 7) is 3.68. The third-order valence-corrected chi connectivity index (χ3v) is 5.28. The summed E-state index contributed by atoms with van der Waals surface area (Å²) in [6, 6.07) is 4.12. The van der Waals surface area contributed by atoms with E-state index in [-0.39, 0.29) is 33.9 Å². The Balaban J connectivity index is 3.13. The molecule has 0 amide bonds. The highest BCUT2D eigenvalue weighted by molar-refractivity contribution is 7.89. The van der Waals surface area contributed by atoms with Crippen molar-refractivity contribution in [3.63, 3.8) is 0 Å². The van der Waals surface area contributed by atoms with E-state index in [1.807, 2.05) is 0 Å². The number of sulfonamides is 1. The molecule has 6 nitrogen and oxygen atoms in total. The van der Waals surface area contributed by atoms with Crippen LogP contribution in [0.3, 0.4) is 0 Å². The molecule has 0 radical (unpaired) electrons. The highest BCUT2D eigenvalue weighted by Gasteiger charge is 2.26. The average molecular weight is 354 g/mol. The molecular formula is C12H17Cl2N3O3S. The second-order valence-corrected chi connectivity index (χ2v) is 7.30. The lowest BCUT2D eigenvalue weighted by Crippen LogP contribution is -2.38. The minimum absolute atomic E-state index is 0.00792. The molecule has 118 valence electrons. The summed E-state index contributed by atoms with van der Waals surface area (Å²) < 4.78 is 26.4. The largest absolute Gasteiger partial charge is 0.409 e. The van der Waals surface area contributed by atoms with Gasteiger partial charge in [-0.3, -0.25) is 0 Å². The third-order valence-electron chi connectivity index (χ3n) is 2.92. The highest BCUT2D eigenvalue weighted by atomic mass is 35.5. The lowest BCUT2D eigenvalue weighted by Gasteiger charge is -2.23. The summed E-state index contributed by atoms with van der Waals surface area (Å²) in [4.78, 5) is 0.00792. The molecule has 0 saturated heterocycles. The first-order valence-corrected chi connectivity index (χ1v) is 8.35. The molecule has 0 spiro atoms. The van der Waals surface area contributed by atoms with Gasteiger partial charge in [0, 0.05) is 29.1 Å². The van der Waals surface area contributed by atoms with E-state index in [1.54, 1.807) is 13.8 Å². The zero-order valence-corrected chi connectivity index (χ0v) is 14.0. The number of amidine groups is 1. The Bertz CT molecular complexity index is 614. The van der Waals surface area contributed by atoms with Crippen molar-refractivity contribution >= 4 is 39.1 Å². The number of nitrogens with zero attached hydrogens (tertiary/aromatic N) is 2. The van der Waals surface area contributed by atoms with E-state index in [9.17, 15) is 8.42 Å². The monoisotopic (exact) mass is 353 g/mol. The van der Waals surface area contributed by atoms with Gasteiger partial charge in [-0.2, -0.15) is 4.31 Å². The lowest BCUT2D eigenvalue weighted by molar-refractivity contribution is 0.311. The molecule has 1 aromatic carbocycles. The maximum atomic E-state index is 12.6. The summed E-state index contributed by atoms with van der Waals surface area (Å²) >= 11 is 11.7. The molecule has 1 atom stereocenters. The Labute approximate surface area is 134 Å². The molecule has 0 fully saturated rings. The summed E-state index contributed by atoms with van der Waals surface area (Å²) in [7, 11) is -3.76. The maximum absolute atomic E-state index is 12.6. The first-order valence-electron chi connectivity index (χ1n) is 6.16. The van der Waals surface area contributed by atoms with E-state index in [0.717, 1.165) is 0 Å². The van der Waals surface area contributed by atoms with Crippen molar-refractivity contribution in [3.8, 4) is 0 Å². The Morgan fingerprint density at radius 1 is 1.38 bits per heavy atom. The highest BCUT2D eigenvalue weighted by Crippen LogP contribution is 2.25. The van der Waals surface area contributed by atoms with Crippen LogP contribution in [0.4, 0.5) is 0 Å². The molecule has 0 aliphatic heterocycles. The number of hydrogen-bond acceptors (Lipinski definition) is 4. The van der Waals surface area contributed by atoms with Gasteiger partial charge in [0.1, 0.15) is 5.84 Å². The fraction of sp³-hybridized carbons (Fsp3) is 0.417. The summed E-state index contributed by atoms with van der Waals surface area (Å²) in [5.41, 5.74) is 5.49. The zero-order valence-electron chi connectivity index (χ0n) is 11.6. The molecule has 0 heterocycles. The molecule has 1 unspecified atom stereocenters. The normalized spacial score (nSPS) is 14.4. The maximum Gasteiger partial charge on any atom is 0.243 e. The van der Waals surface area contributed by atoms with Crippen molar-refractivity contribution in [1.29, 1.82) is 0 Å². The zero-order chi connectivity index (χ0) is 16.2. The van der Waals surface area contributed by atoms with Gasteiger partial charge in [-0.1, -0.05) is 42.2 Å². The van der Waals surface area contributed by atoms with Crippen molar-refractivity contribution in [3.05, 3.63) is 28.2 Å². The topological polar surface area (TPSA) is 96.0 Å². The molecule has 1 rings (SSSR count). The van der Waals surface area contributed by atoms with Crippen LogP contribution in [0, 0.1) is 5.92 Å². The van der Waals surface area contributed by atoms with Crippen molar-refractivity contribution in [2.45, 2.75) is 18.7 Å². The summed E-state index contributed by atoms with van der Waals surface area (Å²) in [6.07, 6.45) is 0. The molecule has 0 aliphatic carbocycles. The standard InChI is InChI=1S/C12H17Cl2N3O3S/c1-3-17(7-8(2)12(15)16-18)21(19,20)11-5-9(13)4-10(14)6-11/h4-6,8,18H,3,7H2,1-2H3,(H2,15,16). The first-order chi connectivity index (χ1) is 9.72. The van der Waals surface area contributed by atoms with Crippen LogP contribution in [0.5, 0.6) is 0 Å². The molecule has 21 heavy (non-hydrogen) atoms. The van der Waals surface area contributed by atoms with Crippen LogP contribution in [0.1, 0.15) is 13.8 Å². The molecule has 1 aromatic rings. The van der Waals surface area contributed by atoms with E-state index in [2.05, 4.69) is 5.16 Å². The first kappa shape index (κ1) is 18.0. The van der Waals surface area contributed by atoms with Gasteiger partial charge in [-0.05, 0) is 18.2 Å². The van der Waals surface area contributed by atoms with Crippen molar-refractivity contribution < 1.29 is 13.6 Å². The molecule has 0 saturated carbocycles. The average Bonchev–Trinajstić information content (AvgIpc) is 2.42. The van der Waals surface area contributed by atoms with Gasteiger partial charge < -0.3 is 10.9 Å². The predicted molar refractivity (Wildman–Crippen MR) is 83.5 cm³/mol. The van der Waals surface area contributed by atoms with E-state index < -0.39 is 15.9 Å². The van der Waals surface area contributed by atoms with Crippen molar-refractivity contribution in [2.75, 3.05) is 13.1 Å². The van der Waals surface area contributed by atoms with E-state index in [1.165, 1.54) is 22.5 Å². The molecule has 9 heteroatoms. The Kier molecular flexibility index (Phi) is 6.27. The second kappa shape index (κ2) is 7.31. The number of rotatable bonds is 6. The van der Waals surface area contributed by atoms with Gasteiger partial charge >= 0.3 is 0 Å². The minimum Gasteiger partial charge on any atom is -0.409 e. The fourth-order valence-corrected chi connectivity index (χ4v) is 3.99. The van der Waals surface area contributed by atoms with Crippen LogP contribution in [-0.4, -0.2) is 36.9 Å². The van der Waals surface area contributed by atoms with Crippen molar-refractivity contribution in [1.82, 2.24) is 4.31 Å². The van der Waals surface area contributed by atoms with Crippen molar-refractivity contribution in [2.24, 2.45) is 16.8 Å². The van der Waals surface area contributed by atoms with E-state index in [0.29, 0.717) is 0 Å². The minimum atomic E-state index is -3.76. The SMILES string of the molecule is CCN(CC(C)C(N)=NO)S(=O)(=O)c1cc(Cl)cc(Cl)c1. The quantitative estimate of drug-likeness (QED) is 0.355. The van der Waals surface area contributed by atoms with E-state index in [4.69, 9.17) is 34.1 Å². The number of benzene rings is 1. The van der Waals surface area contributed by atoms with Crippen LogP contribution in [-0.2, 0) is 10.0 Å². The van der Waals surface area contributed by atoms with Crippen LogP contribution < -0.4 is 5.73 Å². The Morgan fingerprint density at radius 3 is 2.33 bits per heavy atom. The van der Waals surface area contributed by atoms with Gasteiger partial charge in [-0.25, -0.2) is 8.42 Å². The number of nitrogens with two attached hydrogens (primary N) is 1. The van der Waals surface area contributed by atoms with Gasteiger partial charge in [0.2, 0.25) is 10.0 Å². The molecule has 0 aliphatic rings. The van der Waals surface area contributed by atoms with E-state index >= 15 is 0 Å². The number of hydrogen-bond donors (Lipinski definition) is 2. The Morgan fingerprint density at radius 2 is 1.90 bits per heavy atom. The smallest absolute Gasteiger partial charge is 0.243 e. The lowest BCUT2D eigenvalue weighted by atomic mass is 10.1. The van der Waals surface area contributed by atoms with Crippen LogP contribution in [0.2, 0.25) is 10.0 Å². The third kappa shape index (κ3) is 4.47. The van der Waals surface area contributed by atoms with Gasteiger partial charge in [0.15, 0.2) is 0 Å². The molecule has 0 aromatic heterocycles. The second-order valence-electron chi connectivity index (χ2n) is 4.49. The van der Waals surface area contributed by atoms with Crippen LogP contribution >= 0.6 is 23.2 Å². The van der Waals surface area contributed by atoms with Gasteiger partial charge in [0.25, 0.3) is 0 Å². The fourth-order valence-electron chi connectivity index (χ4n) is 1.72. The summed E-state index contributed by atoms with van der Waals surface area (Å²) in [5, 5.41) is 12.0. The van der Waals surface area contributed by atoms with Gasteiger partial charge in [0.05, 0.1) is 4.90 Å². The molecular weight excluding hydrogens is 337 g/mol. The Hall–Kier alpha value is -1.02. The number of oxime groups is 1. The number of halogens is 2. The predicted octanol–water partition coefficient (Wildman–Crippen LogP) is 2.39.